The molecular weight excluding hydrogens is 468 g/mol. The number of hydrogen-bond acceptors (Lipinski definition) is 4. The van der Waals surface area contributed by atoms with Gasteiger partial charge in [-0.3, -0.25) is 4.79 Å². The Morgan fingerprint density at radius 2 is 1.94 bits per heavy atom. The van der Waals surface area contributed by atoms with E-state index in [2.05, 4.69) is 0 Å². The second-order valence-corrected chi connectivity index (χ2v) is 9.03. The molecule has 1 aliphatic heterocycles. The molecule has 2 aromatic carbocycles. The minimum absolute atomic E-state index is 0.165. The van der Waals surface area contributed by atoms with Crippen LogP contribution in [0.4, 0.5) is 17.6 Å². The maximum atomic E-state index is 15.5. The van der Waals surface area contributed by atoms with Gasteiger partial charge in [0.25, 0.3) is 5.91 Å². The topological polar surface area (TPSA) is 55.6 Å². The first-order chi connectivity index (χ1) is 16.2. The van der Waals surface area contributed by atoms with Crippen LogP contribution in [0.3, 0.4) is 0 Å². The Labute approximate surface area is 197 Å². The summed E-state index contributed by atoms with van der Waals surface area (Å²) in [6.45, 7) is 1.06. The van der Waals surface area contributed by atoms with Gasteiger partial charge >= 0.3 is 6.18 Å². The number of benzene rings is 2. The van der Waals surface area contributed by atoms with Gasteiger partial charge in [0.1, 0.15) is 0 Å². The van der Waals surface area contributed by atoms with Gasteiger partial charge in [0.15, 0.2) is 5.83 Å². The van der Waals surface area contributed by atoms with E-state index in [-0.39, 0.29) is 11.3 Å². The van der Waals surface area contributed by atoms with Crippen molar-refractivity contribution < 1.29 is 27.1 Å². The summed E-state index contributed by atoms with van der Waals surface area (Å²) >= 11 is 1.39. The summed E-state index contributed by atoms with van der Waals surface area (Å²) in [4.78, 5) is 14.4. The van der Waals surface area contributed by atoms with E-state index < -0.39 is 23.5 Å². The Balaban J connectivity index is 1.76. The van der Waals surface area contributed by atoms with Gasteiger partial charge in [-0.1, -0.05) is 36.4 Å². The van der Waals surface area contributed by atoms with E-state index in [1.54, 1.807) is 30.2 Å². The molecule has 0 saturated heterocycles. The second kappa shape index (κ2) is 9.60. The lowest BCUT2D eigenvalue weighted by atomic mass is 10.0. The molecule has 0 spiro atoms. The monoisotopic (exact) mass is 490 g/mol. The summed E-state index contributed by atoms with van der Waals surface area (Å²) in [6.07, 6.45) is -2.64. The summed E-state index contributed by atoms with van der Waals surface area (Å²) < 4.78 is 60.7. The van der Waals surface area contributed by atoms with Gasteiger partial charge in [-0.25, -0.2) is 4.39 Å². The maximum absolute atomic E-state index is 15.5. The molecule has 4 rings (SSSR count). The molecule has 0 saturated carbocycles. The first-order valence-corrected chi connectivity index (χ1v) is 11.3. The highest BCUT2D eigenvalue weighted by Gasteiger charge is 2.30. The van der Waals surface area contributed by atoms with Crippen LogP contribution < -0.4 is 5.73 Å². The highest BCUT2D eigenvalue weighted by Crippen LogP contribution is 2.39. The highest BCUT2D eigenvalue weighted by molar-refractivity contribution is 7.19. The molecular formula is C25H22F4N2O2S. The third-order valence-corrected chi connectivity index (χ3v) is 6.77. The molecule has 3 aromatic rings. The second-order valence-electron chi connectivity index (χ2n) is 7.90. The number of primary amides is 1. The van der Waals surface area contributed by atoms with Crippen LogP contribution in [0.5, 0.6) is 0 Å². The van der Waals surface area contributed by atoms with E-state index in [1.807, 2.05) is 12.1 Å². The van der Waals surface area contributed by atoms with Gasteiger partial charge in [0, 0.05) is 41.8 Å². The van der Waals surface area contributed by atoms with Crippen molar-refractivity contribution in [2.75, 3.05) is 26.8 Å². The van der Waals surface area contributed by atoms with Gasteiger partial charge in [-0.2, -0.15) is 13.2 Å². The quantitative estimate of drug-likeness (QED) is 0.444. The third-order valence-electron chi connectivity index (χ3n) is 5.59. The lowest BCUT2D eigenvalue weighted by molar-refractivity contribution is -0.137. The number of methoxy groups -OCH3 is 1. The summed E-state index contributed by atoms with van der Waals surface area (Å²) in [5.74, 6) is -1.54. The van der Waals surface area contributed by atoms with Gasteiger partial charge < -0.3 is 15.4 Å². The van der Waals surface area contributed by atoms with Crippen molar-refractivity contribution in [2.24, 2.45) is 5.73 Å². The minimum Gasteiger partial charge on any atom is -0.383 e. The number of ether oxygens (including phenoxy) is 1. The Hall–Kier alpha value is -3.17. The fourth-order valence-corrected chi connectivity index (χ4v) is 5.21. The number of amides is 1. The Morgan fingerprint density at radius 3 is 2.65 bits per heavy atom. The molecule has 0 bridgehead atoms. The average Bonchev–Trinajstić information content (AvgIpc) is 3.19. The van der Waals surface area contributed by atoms with Crippen molar-refractivity contribution >= 4 is 33.0 Å². The SMILES string of the molecule is COCCN1CC=C(C(N)=O)C(F)=C1c1cccc2cc(Cc3cccc(C(F)(F)F)c3)sc12. The molecule has 1 amide bonds. The molecule has 1 aromatic heterocycles. The van der Waals surface area contributed by atoms with Crippen LogP contribution in [-0.4, -0.2) is 37.6 Å². The number of nitrogens with two attached hydrogens (primary N) is 1. The highest BCUT2D eigenvalue weighted by atomic mass is 32.1. The van der Waals surface area contributed by atoms with Crippen LogP contribution in [0.15, 0.2) is 66.0 Å². The van der Waals surface area contributed by atoms with Crippen molar-refractivity contribution in [1.29, 1.82) is 0 Å². The molecule has 2 N–H and O–H groups in total. The Morgan fingerprint density at radius 1 is 1.18 bits per heavy atom. The predicted octanol–water partition coefficient (Wildman–Crippen LogP) is 5.52. The van der Waals surface area contributed by atoms with Crippen LogP contribution in [0, 0.1) is 0 Å². The molecule has 0 fully saturated rings. The van der Waals surface area contributed by atoms with E-state index in [9.17, 15) is 18.0 Å². The number of fused-ring (bicyclic) bond motifs is 1. The lowest BCUT2D eigenvalue weighted by Gasteiger charge is -2.30. The molecule has 0 radical (unpaired) electrons. The van der Waals surface area contributed by atoms with Crippen molar-refractivity contribution in [3.8, 4) is 0 Å². The molecule has 0 aliphatic carbocycles. The Kier molecular flexibility index (Phi) is 6.77. The summed E-state index contributed by atoms with van der Waals surface area (Å²) in [5, 5.41) is 0.839. The van der Waals surface area contributed by atoms with E-state index in [4.69, 9.17) is 10.5 Å². The van der Waals surface area contributed by atoms with Crippen molar-refractivity contribution in [3.05, 3.63) is 87.6 Å². The first-order valence-electron chi connectivity index (χ1n) is 10.5. The Bertz CT molecular complexity index is 1290. The number of rotatable bonds is 7. The number of thiophene rings is 1. The fraction of sp³-hybridized carbons (Fsp3) is 0.240. The number of hydrogen-bond donors (Lipinski definition) is 1. The van der Waals surface area contributed by atoms with Crippen LogP contribution in [0.2, 0.25) is 0 Å². The van der Waals surface area contributed by atoms with Crippen LogP contribution in [0.1, 0.15) is 21.6 Å². The molecule has 0 unspecified atom stereocenters. The number of halogens is 4. The van der Waals surface area contributed by atoms with E-state index >= 15 is 4.39 Å². The number of carbonyl (C=O) groups is 1. The minimum atomic E-state index is -4.41. The van der Waals surface area contributed by atoms with Crippen LogP contribution in [-0.2, 0) is 22.1 Å². The molecule has 9 heteroatoms. The van der Waals surface area contributed by atoms with Crippen LogP contribution in [0.25, 0.3) is 15.8 Å². The van der Waals surface area contributed by atoms with Gasteiger partial charge in [0.2, 0.25) is 0 Å². The lowest BCUT2D eigenvalue weighted by Crippen LogP contribution is -2.32. The normalized spacial score (nSPS) is 14.6. The van der Waals surface area contributed by atoms with Crippen molar-refractivity contribution in [1.82, 2.24) is 4.90 Å². The summed E-state index contributed by atoms with van der Waals surface area (Å²) in [5.41, 5.74) is 5.91. The molecule has 178 valence electrons. The first kappa shape index (κ1) is 24.0. The average molecular weight is 491 g/mol. The predicted molar refractivity (Wildman–Crippen MR) is 125 cm³/mol. The zero-order chi connectivity index (χ0) is 24.5. The number of carbonyl (C=O) groups excluding carboxylic acids is 1. The zero-order valence-corrected chi connectivity index (χ0v) is 19.1. The molecule has 2 heterocycles. The fourth-order valence-electron chi connectivity index (χ4n) is 4.00. The van der Waals surface area contributed by atoms with Crippen LogP contribution >= 0.6 is 11.3 Å². The molecule has 34 heavy (non-hydrogen) atoms. The molecule has 4 nitrogen and oxygen atoms in total. The van der Waals surface area contributed by atoms with Gasteiger partial charge in [-0.05, 0) is 29.2 Å². The number of nitrogens with zero attached hydrogens (tertiary/aromatic N) is 1. The zero-order valence-electron chi connectivity index (χ0n) is 18.3. The summed E-state index contributed by atoms with van der Waals surface area (Å²) in [6, 6.07) is 12.6. The van der Waals surface area contributed by atoms with E-state index in [0.29, 0.717) is 37.2 Å². The van der Waals surface area contributed by atoms with Gasteiger partial charge in [-0.15, -0.1) is 11.3 Å². The maximum Gasteiger partial charge on any atom is 0.416 e. The van der Waals surface area contributed by atoms with E-state index in [1.165, 1.54) is 23.5 Å². The standard InChI is InChI=1S/C25H22F4N2O2S/c1-33-11-10-31-9-8-19(24(30)32)21(26)22(31)20-7-3-5-16-14-18(34-23(16)20)13-15-4-2-6-17(12-15)25(27,28)29/h2-8,12,14H,9-11,13H2,1H3,(H2,30,32). The van der Waals surface area contributed by atoms with Crippen molar-refractivity contribution in [3.63, 3.8) is 0 Å². The van der Waals surface area contributed by atoms with Gasteiger partial charge in [0.05, 0.1) is 23.4 Å². The van der Waals surface area contributed by atoms with Crippen molar-refractivity contribution in [2.45, 2.75) is 12.6 Å². The smallest absolute Gasteiger partial charge is 0.383 e. The largest absolute Gasteiger partial charge is 0.416 e. The van der Waals surface area contributed by atoms with E-state index in [0.717, 1.165) is 27.1 Å². The molecule has 0 atom stereocenters. The summed E-state index contributed by atoms with van der Waals surface area (Å²) in [7, 11) is 1.55. The number of alkyl halides is 3. The third kappa shape index (κ3) is 4.85. The molecule has 1 aliphatic rings.